The molecule has 0 heterocycles. The molecule has 0 radical (unpaired) electrons. The molecule has 1 rings (SSSR count). The number of benzene rings is 1. The zero-order valence-corrected chi connectivity index (χ0v) is 10.9. The van der Waals surface area contributed by atoms with Crippen LogP contribution in [0.2, 0.25) is 0 Å². The Morgan fingerprint density at radius 3 is 2.83 bits per heavy atom. The number of carbonyl (C=O) groups excluding carboxylic acids is 1. The summed E-state index contributed by atoms with van der Waals surface area (Å²) in [7, 11) is 3.29. The number of nitrogens with zero attached hydrogens (tertiary/aromatic N) is 2. The normalized spacial score (nSPS) is 9.44. The van der Waals surface area contributed by atoms with E-state index in [9.17, 15) is 4.79 Å². The lowest BCUT2D eigenvalue weighted by Gasteiger charge is -2.16. The van der Waals surface area contributed by atoms with Crippen LogP contribution < -0.4 is 10.1 Å². The summed E-state index contributed by atoms with van der Waals surface area (Å²) in [5.41, 5.74) is 1.09. The molecule has 0 saturated carbocycles. The third kappa shape index (κ3) is 3.39. The number of rotatable bonds is 5. The molecule has 5 heteroatoms. The third-order valence-corrected chi connectivity index (χ3v) is 2.68. The van der Waals surface area contributed by atoms with Crippen LogP contribution in [0.4, 0.5) is 5.69 Å². The molecule has 0 bridgehead atoms. The zero-order valence-electron chi connectivity index (χ0n) is 10.9. The first-order chi connectivity index (χ1) is 8.62. The SMILES string of the molecule is CCN(C)C(=O)CNc1cc(OC)ccc1C#N. The van der Waals surface area contributed by atoms with Crippen LogP contribution in [-0.2, 0) is 4.79 Å². The molecule has 0 spiro atoms. The summed E-state index contributed by atoms with van der Waals surface area (Å²) in [4.78, 5) is 13.3. The van der Waals surface area contributed by atoms with Gasteiger partial charge in [-0.05, 0) is 19.1 Å². The summed E-state index contributed by atoms with van der Waals surface area (Å²) < 4.78 is 5.09. The molecule has 0 aliphatic carbocycles. The minimum Gasteiger partial charge on any atom is -0.497 e. The number of hydrogen-bond donors (Lipinski definition) is 1. The molecule has 18 heavy (non-hydrogen) atoms. The van der Waals surface area contributed by atoms with E-state index < -0.39 is 0 Å². The van der Waals surface area contributed by atoms with Crippen LogP contribution in [0.15, 0.2) is 18.2 Å². The van der Waals surface area contributed by atoms with E-state index >= 15 is 0 Å². The van der Waals surface area contributed by atoms with Gasteiger partial charge in [0.1, 0.15) is 11.8 Å². The van der Waals surface area contributed by atoms with Gasteiger partial charge >= 0.3 is 0 Å². The Labute approximate surface area is 107 Å². The Kier molecular flexibility index (Phi) is 5.00. The monoisotopic (exact) mass is 247 g/mol. The fraction of sp³-hybridized carbons (Fsp3) is 0.385. The van der Waals surface area contributed by atoms with Crippen LogP contribution >= 0.6 is 0 Å². The summed E-state index contributed by atoms with van der Waals surface area (Å²) in [5.74, 6) is 0.622. The summed E-state index contributed by atoms with van der Waals surface area (Å²) in [6, 6.07) is 7.15. The highest BCUT2D eigenvalue weighted by Crippen LogP contribution is 2.21. The quantitative estimate of drug-likeness (QED) is 0.855. The van der Waals surface area contributed by atoms with Crippen molar-refractivity contribution in [3.63, 3.8) is 0 Å². The molecule has 0 aromatic heterocycles. The van der Waals surface area contributed by atoms with Gasteiger partial charge in [0.05, 0.1) is 24.9 Å². The van der Waals surface area contributed by atoms with Gasteiger partial charge in [-0.15, -0.1) is 0 Å². The van der Waals surface area contributed by atoms with E-state index in [0.717, 1.165) is 0 Å². The molecule has 0 saturated heterocycles. The number of hydrogen-bond acceptors (Lipinski definition) is 4. The molecule has 1 aromatic rings. The van der Waals surface area contributed by atoms with Crippen LogP contribution in [0, 0.1) is 11.3 Å². The van der Waals surface area contributed by atoms with Crippen molar-refractivity contribution in [1.29, 1.82) is 5.26 Å². The average molecular weight is 247 g/mol. The van der Waals surface area contributed by atoms with Gasteiger partial charge in [-0.1, -0.05) is 0 Å². The number of ether oxygens (including phenoxy) is 1. The van der Waals surface area contributed by atoms with Crippen molar-refractivity contribution >= 4 is 11.6 Å². The first-order valence-electron chi connectivity index (χ1n) is 5.68. The maximum atomic E-state index is 11.7. The molecular weight excluding hydrogens is 230 g/mol. The third-order valence-electron chi connectivity index (χ3n) is 2.68. The van der Waals surface area contributed by atoms with Crippen molar-refractivity contribution in [3.05, 3.63) is 23.8 Å². The highest BCUT2D eigenvalue weighted by atomic mass is 16.5. The number of amides is 1. The van der Waals surface area contributed by atoms with Crippen molar-refractivity contribution in [1.82, 2.24) is 4.90 Å². The van der Waals surface area contributed by atoms with Gasteiger partial charge in [-0.25, -0.2) is 0 Å². The number of likely N-dealkylation sites (N-methyl/N-ethyl adjacent to an activating group) is 1. The van der Waals surface area contributed by atoms with Gasteiger partial charge in [-0.2, -0.15) is 5.26 Å². The lowest BCUT2D eigenvalue weighted by molar-refractivity contribution is -0.127. The van der Waals surface area contributed by atoms with E-state index in [2.05, 4.69) is 11.4 Å². The van der Waals surface area contributed by atoms with Crippen molar-refractivity contribution in [2.45, 2.75) is 6.92 Å². The number of methoxy groups -OCH3 is 1. The smallest absolute Gasteiger partial charge is 0.241 e. The number of anilines is 1. The molecule has 1 amide bonds. The molecule has 0 aliphatic heterocycles. The van der Waals surface area contributed by atoms with Crippen LogP contribution in [0.3, 0.4) is 0 Å². The maximum Gasteiger partial charge on any atom is 0.241 e. The lowest BCUT2D eigenvalue weighted by atomic mass is 10.2. The highest BCUT2D eigenvalue weighted by molar-refractivity contribution is 5.81. The van der Waals surface area contributed by atoms with Gasteiger partial charge in [0.2, 0.25) is 5.91 Å². The largest absolute Gasteiger partial charge is 0.497 e. The molecule has 1 N–H and O–H groups in total. The van der Waals surface area contributed by atoms with Crippen LogP contribution in [0.5, 0.6) is 5.75 Å². The van der Waals surface area contributed by atoms with Gasteiger partial charge < -0.3 is 15.0 Å². The fourth-order valence-corrected chi connectivity index (χ4v) is 1.38. The molecule has 5 nitrogen and oxygen atoms in total. The molecule has 1 aromatic carbocycles. The topological polar surface area (TPSA) is 65.4 Å². The predicted octanol–water partition coefficient (Wildman–Crippen LogP) is 1.46. The molecule has 96 valence electrons. The van der Waals surface area contributed by atoms with E-state index in [1.807, 2.05) is 6.92 Å². The Morgan fingerprint density at radius 1 is 1.56 bits per heavy atom. The second-order valence-electron chi connectivity index (χ2n) is 3.78. The minimum absolute atomic E-state index is 0.0239. The van der Waals surface area contributed by atoms with Gasteiger partial charge in [0.25, 0.3) is 0 Å². The zero-order chi connectivity index (χ0) is 13.5. The molecular formula is C13H17N3O2. The highest BCUT2D eigenvalue weighted by Gasteiger charge is 2.08. The van der Waals surface area contributed by atoms with Crippen molar-refractivity contribution < 1.29 is 9.53 Å². The van der Waals surface area contributed by atoms with Crippen LogP contribution in [0.25, 0.3) is 0 Å². The molecule has 0 fully saturated rings. The summed E-state index contributed by atoms with van der Waals surface area (Å²) in [6.45, 7) is 2.72. The summed E-state index contributed by atoms with van der Waals surface area (Å²) >= 11 is 0. The van der Waals surface area contributed by atoms with E-state index in [4.69, 9.17) is 10.00 Å². The number of carbonyl (C=O) groups is 1. The summed E-state index contributed by atoms with van der Waals surface area (Å²) in [6.07, 6.45) is 0. The minimum atomic E-state index is -0.0239. The Bertz CT molecular complexity index is 466. The lowest BCUT2D eigenvalue weighted by Crippen LogP contribution is -2.32. The van der Waals surface area contributed by atoms with Crippen molar-refractivity contribution in [3.8, 4) is 11.8 Å². The van der Waals surface area contributed by atoms with Crippen molar-refractivity contribution in [2.24, 2.45) is 0 Å². The molecule has 0 unspecified atom stereocenters. The fourth-order valence-electron chi connectivity index (χ4n) is 1.38. The number of nitriles is 1. The Hall–Kier alpha value is -2.22. The second-order valence-corrected chi connectivity index (χ2v) is 3.78. The van der Waals surface area contributed by atoms with Crippen LogP contribution in [-0.4, -0.2) is 38.1 Å². The van der Waals surface area contributed by atoms with E-state index in [1.165, 1.54) is 0 Å². The van der Waals surface area contributed by atoms with E-state index in [-0.39, 0.29) is 12.5 Å². The Morgan fingerprint density at radius 2 is 2.28 bits per heavy atom. The molecule has 0 aliphatic rings. The Balaban J connectivity index is 2.77. The van der Waals surface area contributed by atoms with Gasteiger partial charge in [0, 0.05) is 19.7 Å². The first-order valence-corrected chi connectivity index (χ1v) is 5.68. The summed E-state index contributed by atoms with van der Waals surface area (Å²) in [5, 5.41) is 11.9. The van der Waals surface area contributed by atoms with Gasteiger partial charge in [-0.3, -0.25) is 4.79 Å². The predicted molar refractivity (Wildman–Crippen MR) is 69.5 cm³/mol. The number of nitrogens with one attached hydrogen (secondary N) is 1. The van der Waals surface area contributed by atoms with E-state index in [1.54, 1.807) is 37.3 Å². The van der Waals surface area contributed by atoms with Gasteiger partial charge in [0.15, 0.2) is 0 Å². The standard InChI is InChI=1S/C13H17N3O2/c1-4-16(2)13(17)9-15-12-7-11(18-3)6-5-10(12)8-14/h5-7,15H,4,9H2,1-3H3. The maximum absolute atomic E-state index is 11.7. The van der Waals surface area contributed by atoms with E-state index in [0.29, 0.717) is 23.5 Å². The van der Waals surface area contributed by atoms with Crippen LogP contribution in [0.1, 0.15) is 12.5 Å². The average Bonchev–Trinajstić information content (AvgIpc) is 2.43. The molecule has 0 atom stereocenters. The second kappa shape index (κ2) is 6.50. The first kappa shape index (κ1) is 13.8. The van der Waals surface area contributed by atoms with Crippen molar-refractivity contribution in [2.75, 3.05) is 32.6 Å².